The van der Waals surface area contributed by atoms with E-state index in [2.05, 4.69) is 74.6 Å². The van der Waals surface area contributed by atoms with Gasteiger partial charge in [-0.25, -0.2) is 9.97 Å². The van der Waals surface area contributed by atoms with Crippen molar-refractivity contribution in [2.24, 2.45) is 0 Å². The largest absolute Gasteiger partial charge is 0.493 e. The highest BCUT2D eigenvalue weighted by molar-refractivity contribution is 5.94. The first-order valence-corrected chi connectivity index (χ1v) is 10.0. The maximum absolute atomic E-state index is 5.46. The first kappa shape index (κ1) is 18.9. The number of hydrogen-bond acceptors (Lipinski definition) is 5. The van der Waals surface area contributed by atoms with E-state index >= 15 is 0 Å². The number of benzene rings is 3. The van der Waals surface area contributed by atoms with Gasteiger partial charge in [0.1, 0.15) is 12.1 Å². The Morgan fingerprint density at radius 1 is 0.871 bits per heavy atom. The lowest BCUT2D eigenvalue weighted by Crippen LogP contribution is -2.00. The van der Waals surface area contributed by atoms with Crippen molar-refractivity contribution in [1.82, 2.24) is 14.5 Å². The summed E-state index contributed by atoms with van der Waals surface area (Å²) in [4.78, 5) is 8.84. The minimum Gasteiger partial charge on any atom is -0.493 e. The number of nitrogens with zero attached hydrogens (tertiary/aromatic N) is 3. The van der Waals surface area contributed by atoms with Gasteiger partial charge in [0.05, 0.1) is 25.3 Å². The number of aromatic nitrogens is 3. The molecular formula is C25H22N4O2. The van der Waals surface area contributed by atoms with Crippen LogP contribution in [0.5, 0.6) is 11.5 Å². The summed E-state index contributed by atoms with van der Waals surface area (Å²) in [5, 5.41) is 5.50. The molecule has 0 unspecified atom stereocenters. The highest BCUT2D eigenvalue weighted by Gasteiger charge is 2.12. The van der Waals surface area contributed by atoms with E-state index in [9.17, 15) is 0 Å². The van der Waals surface area contributed by atoms with Crippen LogP contribution in [0.15, 0.2) is 79.3 Å². The maximum Gasteiger partial charge on any atom is 0.162 e. The van der Waals surface area contributed by atoms with Gasteiger partial charge >= 0.3 is 0 Å². The number of ether oxygens (including phenoxy) is 2. The Hall–Kier alpha value is -4.06. The molecule has 0 saturated heterocycles. The number of rotatable bonds is 6. The standard InChI is InChI=1S/C25H22N4O2/c1-30-23-13-20-21(14-24(23)31-2)26-16-27-25(20)28-19-9-8-18-10-11-29(22(18)12-19)15-17-6-4-3-5-7-17/h3-14,16H,15H2,1-2H3,(H,26,27,28). The third-order valence-corrected chi connectivity index (χ3v) is 5.37. The molecule has 0 bridgehead atoms. The van der Waals surface area contributed by atoms with Crippen molar-refractivity contribution in [2.75, 3.05) is 19.5 Å². The third kappa shape index (κ3) is 3.64. The van der Waals surface area contributed by atoms with Gasteiger partial charge in [-0.2, -0.15) is 0 Å². The first-order valence-electron chi connectivity index (χ1n) is 10.0. The number of nitrogens with one attached hydrogen (secondary N) is 1. The average Bonchev–Trinajstić information content (AvgIpc) is 3.21. The summed E-state index contributed by atoms with van der Waals surface area (Å²) < 4.78 is 13.1. The number of methoxy groups -OCH3 is 2. The summed E-state index contributed by atoms with van der Waals surface area (Å²) in [6.07, 6.45) is 3.67. The fourth-order valence-electron chi connectivity index (χ4n) is 3.80. The molecule has 31 heavy (non-hydrogen) atoms. The van der Waals surface area contributed by atoms with Gasteiger partial charge in [-0.05, 0) is 35.2 Å². The highest BCUT2D eigenvalue weighted by atomic mass is 16.5. The van der Waals surface area contributed by atoms with Crippen molar-refractivity contribution < 1.29 is 9.47 Å². The monoisotopic (exact) mass is 410 g/mol. The quantitative estimate of drug-likeness (QED) is 0.406. The molecule has 3 aromatic carbocycles. The van der Waals surface area contributed by atoms with Crippen molar-refractivity contribution in [3.05, 3.63) is 84.8 Å². The molecule has 6 heteroatoms. The molecule has 0 saturated carbocycles. The van der Waals surface area contributed by atoms with Gasteiger partial charge in [-0.3, -0.25) is 0 Å². The van der Waals surface area contributed by atoms with E-state index in [0.717, 1.165) is 28.7 Å². The molecule has 6 nitrogen and oxygen atoms in total. The van der Waals surface area contributed by atoms with E-state index in [1.807, 2.05) is 18.2 Å². The van der Waals surface area contributed by atoms with E-state index in [1.54, 1.807) is 20.5 Å². The van der Waals surface area contributed by atoms with Crippen LogP contribution in [0.3, 0.4) is 0 Å². The van der Waals surface area contributed by atoms with Gasteiger partial charge in [-0.15, -0.1) is 0 Å². The zero-order valence-electron chi connectivity index (χ0n) is 17.4. The Morgan fingerprint density at radius 3 is 2.48 bits per heavy atom. The first-order chi connectivity index (χ1) is 15.2. The molecular weight excluding hydrogens is 388 g/mol. The zero-order chi connectivity index (χ0) is 21.2. The number of anilines is 2. The van der Waals surface area contributed by atoms with Crippen LogP contribution in [0.4, 0.5) is 11.5 Å². The van der Waals surface area contributed by atoms with Crippen LogP contribution < -0.4 is 14.8 Å². The fourth-order valence-corrected chi connectivity index (χ4v) is 3.80. The van der Waals surface area contributed by atoms with Crippen LogP contribution in [0, 0.1) is 0 Å². The SMILES string of the molecule is COc1cc2ncnc(Nc3ccc4ccn(Cc5ccccc5)c4c3)c2cc1OC. The molecule has 0 aliphatic rings. The topological polar surface area (TPSA) is 61.2 Å². The van der Waals surface area contributed by atoms with Gasteiger partial charge in [0.15, 0.2) is 11.5 Å². The van der Waals surface area contributed by atoms with E-state index < -0.39 is 0 Å². The smallest absolute Gasteiger partial charge is 0.162 e. The maximum atomic E-state index is 5.46. The molecule has 0 radical (unpaired) electrons. The molecule has 1 N–H and O–H groups in total. The Labute approximate surface area is 180 Å². The van der Waals surface area contributed by atoms with Crippen molar-refractivity contribution in [3.8, 4) is 11.5 Å². The minimum atomic E-state index is 0.639. The van der Waals surface area contributed by atoms with Crippen LogP contribution in [-0.2, 0) is 6.54 Å². The van der Waals surface area contributed by atoms with Gasteiger partial charge in [-0.1, -0.05) is 36.4 Å². The molecule has 2 aromatic heterocycles. The Bertz CT molecular complexity index is 1360. The van der Waals surface area contributed by atoms with E-state index in [4.69, 9.17) is 9.47 Å². The van der Waals surface area contributed by atoms with Gasteiger partial charge in [0.25, 0.3) is 0 Å². The van der Waals surface area contributed by atoms with E-state index in [1.165, 1.54) is 10.9 Å². The Kier molecular flexibility index (Phi) is 4.88. The van der Waals surface area contributed by atoms with Crippen molar-refractivity contribution in [2.45, 2.75) is 6.54 Å². The van der Waals surface area contributed by atoms with E-state index in [0.29, 0.717) is 17.3 Å². The van der Waals surface area contributed by atoms with E-state index in [-0.39, 0.29) is 0 Å². The summed E-state index contributed by atoms with van der Waals surface area (Å²) in [6, 6.07) is 22.7. The second-order valence-electron chi connectivity index (χ2n) is 7.27. The van der Waals surface area contributed by atoms with Crippen molar-refractivity contribution in [1.29, 1.82) is 0 Å². The summed E-state index contributed by atoms with van der Waals surface area (Å²) in [5.74, 6) is 1.99. The highest BCUT2D eigenvalue weighted by Crippen LogP contribution is 2.34. The van der Waals surface area contributed by atoms with Crippen LogP contribution in [0.1, 0.15) is 5.56 Å². The summed E-state index contributed by atoms with van der Waals surface area (Å²) >= 11 is 0. The van der Waals surface area contributed by atoms with Crippen molar-refractivity contribution >= 4 is 33.3 Å². The summed E-state index contributed by atoms with van der Waals surface area (Å²) in [6.45, 7) is 0.821. The normalized spacial score (nSPS) is 11.0. The predicted molar refractivity (Wildman–Crippen MR) is 123 cm³/mol. The Morgan fingerprint density at radius 2 is 1.68 bits per heavy atom. The summed E-state index contributed by atoms with van der Waals surface area (Å²) in [5.41, 5.74) is 4.16. The average molecular weight is 410 g/mol. The molecule has 0 spiro atoms. The van der Waals surface area contributed by atoms with Gasteiger partial charge < -0.3 is 19.4 Å². The minimum absolute atomic E-state index is 0.639. The molecule has 0 amide bonds. The molecule has 0 atom stereocenters. The van der Waals surface area contributed by atoms with Crippen LogP contribution in [-0.4, -0.2) is 28.8 Å². The molecule has 2 heterocycles. The third-order valence-electron chi connectivity index (χ3n) is 5.37. The molecule has 0 fully saturated rings. The second kappa shape index (κ2) is 7.99. The fraction of sp³-hybridized carbons (Fsp3) is 0.120. The Balaban J connectivity index is 1.52. The molecule has 0 aliphatic heterocycles. The predicted octanol–water partition coefficient (Wildman–Crippen LogP) is 5.39. The van der Waals surface area contributed by atoms with Crippen LogP contribution >= 0.6 is 0 Å². The molecule has 5 aromatic rings. The van der Waals surface area contributed by atoms with Gasteiger partial charge in [0, 0.05) is 29.9 Å². The number of fused-ring (bicyclic) bond motifs is 2. The van der Waals surface area contributed by atoms with Crippen LogP contribution in [0.2, 0.25) is 0 Å². The zero-order valence-corrected chi connectivity index (χ0v) is 17.4. The molecule has 5 rings (SSSR count). The lowest BCUT2D eigenvalue weighted by atomic mass is 10.2. The van der Waals surface area contributed by atoms with Gasteiger partial charge in [0.2, 0.25) is 0 Å². The number of hydrogen-bond donors (Lipinski definition) is 1. The summed E-state index contributed by atoms with van der Waals surface area (Å²) in [7, 11) is 3.24. The lowest BCUT2D eigenvalue weighted by Gasteiger charge is -2.13. The second-order valence-corrected chi connectivity index (χ2v) is 7.27. The molecule has 154 valence electrons. The van der Waals surface area contributed by atoms with Crippen molar-refractivity contribution in [3.63, 3.8) is 0 Å². The molecule has 0 aliphatic carbocycles. The lowest BCUT2D eigenvalue weighted by molar-refractivity contribution is 0.356. The van der Waals surface area contributed by atoms with Crippen LogP contribution in [0.25, 0.3) is 21.8 Å².